The minimum Gasteiger partial charge on any atom is -0.397 e. The number of rotatable bonds is 2. The van der Waals surface area contributed by atoms with E-state index < -0.39 is 0 Å². The number of nitrogens with two attached hydrogens (primary N) is 1. The zero-order valence-electron chi connectivity index (χ0n) is 8.84. The summed E-state index contributed by atoms with van der Waals surface area (Å²) in [6.45, 7) is 0. The molecule has 0 aliphatic carbocycles. The van der Waals surface area contributed by atoms with E-state index in [4.69, 9.17) is 28.9 Å². The van der Waals surface area contributed by atoms with Crippen molar-refractivity contribution in [3.63, 3.8) is 0 Å². The van der Waals surface area contributed by atoms with Gasteiger partial charge in [-0.15, -0.1) is 11.3 Å². The van der Waals surface area contributed by atoms with Crippen molar-refractivity contribution in [1.82, 2.24) is 0 Å². The van der Waals surface area contributed by atoms with E-state index in [1.165, 1.54) is 6.07 Å². The number of hydrogen-bond acceptors (Lipinski definition) is 3. The van der Waals surface area contributed by atoms with E-state index in [9.17, 15) is 4.79 Å². The van der Waals surface area contributed by atoms with Crippen molar-refractivity contribution in [3.05, 3.63) is 43.0 Å². The van der Waals surface area contributed by atoms with E-state index in [1.54, 1.807) is 18.2 Å². The lowest BCUT2D eigenvalue weighted by Crippen LogP contribution is -2.12. The van der Waals surface area contributed by atoms with Gasteiger partial charge in [0.1, 0.15) is 4.34 Å². The van der Waals surface area contributed by atoms with Gasteiger partial charge in [-0.3, -0.25) is 4.79 Å². The van der Waals surface area contributed by atoms with Crippen molar-refractivity contribution in [2.24, 2.45) is 0 Å². The van der Waals surface area contributed by atoms with Gasteiger partial charge in [0.15, 0.2) is 0 Å². The molecular weight excluding hydrogens is 359 g/mol. The second-order valence-electron chi connectivity index (χ2n) is 3.42. The summed E-state index contributed by atoms with van der Waals surface area (Å²) in [5.74, 6) is -0.336. The Balaban J connectivity index is 2.24. The molecule has 0 atom stereocenters. The second kappa shape index (κ2) is 5.48. The van der Waals surface area contributed by atoms with Crippen LogP contribution in [0.15, 0.2) is 28.7 Å². The molecule has 94 valence electrons. The molecule has 0 radical (unpaired) electrons. The maximum Gasteiger partial charge on any atom is 0.258 e. The molecule has 18 heavy (non-hydrogen) atoms. The second-order valence-corrected chi connectivity index (χ2v) is 6.62. The Morgan fingerprint density at radius 2 is 2.06 bits per heavy atom. The van der Waals surface area contributed by atoms with Gasteiger partial charge in [0.2, 0.25) is 0 Å². The van der Waals surface area contributed by atoms with Crippen LogP contribution in [0.5, 0.6) is 0 Å². The molecule has 0 aliphatic heterocycles. The van der Waals surface area contributed by atoms with Gasteiger partial charge < -0.3 is 11.1 Å². The molecule has 1 heterocycles. The standard InChI is InChI=1S/C11H7BrCl2N2OS/c12-5-1-2-8(7(15)3-5)16-11(17)6-4-9(13)18-10(6)14/h1-4H,15H2,(H,16,17). The molecule has 0 aliphatic rings. The van der Waals surface area contributed by atoms with Gasteiger partial charge in [-0.1, -0.05) is 39.1 Å². The van der Waals surface area contributed by atoms with Crippen molar-refractivity contribution in [2.75, 3.05) is 11.1 Å². The predicted molar refractivity (Wildman–Crippen MR) is 80.8 cm³/mol. The van der Waals surface area contributed by atoms with Crippen molar-refractivity contribution in [2.45, 2.75) is 0 Å². The average Bonchev–Trinajstić information content (AvgIpc) is 2.62. The molecule has 0 saturated carbocycles. The summed E-state index contributed by atoms with van der Waals surface area (Å²) in [7, 11) is 0. The summed E-state index contributed by atoms with van der Waals surface area (Å²) in [6.07, 6.45) is 0. The van der Waals surface area contributed by atoms with Gasteiger partial charge in [0.05, 0.1) is 21.3 Å². The Kier molecular flexibility index (Phi) is 4.17. The summed E-state index contributed by atoms with van der Waals surface area (Å²) in [5.41, 5.74) is 7.13. The first-order valence-electron chi connectivity index (χ1n) is 4.78. The number of amides is 1. The van der Waals surface area contributed by atoms with Crippen LogP contribution in [0.3, 0.4) is 0 Å². The van der Waals surface area contributed by atoms with Gasteiger partial charge in [0, 0.05) is 4.47 Å². The third-order valence-corrected chi connectivity index (χ3v) is 4.14. The van der Waals surface area contributed by atoms with E-state index >= 15 is 0 Å². The average molecular weight is 366 g/mol. The fourth-order valence-corrected chi connectivity index (χ4v) is 3.17. The molecule has 0 saturated heterocycles. The van der Waals surface area contributed by atoms with E-state index in [1.807, 2.05) is 0 Å². The Bertz CT molecular complexity index is 615. The van der Waals surface area contributed by atoms with Crippen molar-refractivity contribution in [3.8, 4) is 0 Å². The minimum absolute atomic E-state index is 0.336. The summed E-state index contributed by atoms with van der Waals surface area (Å²) < 4.78 is 1.66. The van der Waals surface area contributed by atoms with Crippen molar-refractivity contribution < 1.29 is 4.79 Å². The monoisotopic (exact) mass is 364 g/mol. The quantitative estimate of drug-likeness (QED) is 0.761. The highest BCUT2D eigenvalue weighted by Crippen LogP contribution is 2.32. The first-order valence-corrected chi connectivity index (χ1v) is 7.15. The van der Waals surface area contributed by atoms with Gasteiger partial charge in [-0.25, -0.2) is 0 Å². The lowest BCUT2D eigenvalue weighted by Gasteiger charge is -2.07. The SMILES string of the molecule is Nc1cc(Br)ccc1NC(=O)c1cc(Cl)sc1Cl. The number of nitrogens with one attached hydrogen (secondary N) is 1. The number of benzene rings is 1. The molecule has 1 aromatic heterocycles. The molecule has 1 amide bonds. The summed E-state index contributed by atoms with van der Waals surface area (Å²) >= 11 is 16.1. The number of thiophene rings is 1. The highest BCUT2D eigenvalue weighted by atomic mass is 79.9. The Morgan fingerprint density at radius 3 is 2.61 bits per heavy atom. The van der Waals surface area contributed by atoms with Crippen molar-refractivity contribution in [1.29, 1.82) is 0 Å². The number of halogens is 3. The zero-order chi connectivity index (χ0) is 13.3. The van der Waals surface area contributed by atoms with Gasteiger partial charge in [-0.2, -0.15) is 0 Å². The van der Waals surface area contributed by atoms with Gasteiger partial charge >= 0.3 is 0 Å². The highest BCUT2D eigenvalue weighted by Gasteiger charge is 2.15. The molecule has 0 fully saturated rings. The molecule has 0 bridgehead atoms. The zero-order valence-corrected chi connectivity index (χ0v) is 12.8. The van der Waals surface area contributed by atoms with E-state index in [-0.39, 0.29) is 5.91 Å². The van der Waals surface area contributed by atoms with Gasteiger partial charge in [-0.05, 0) is 24.3 Å². The molecule has 0 spiro atoms. The van der Waals surface area contributed by atoms with Crippen LogP contribution in [0.2, 0.25) is 8.67 Å². The van der Waals surface area contributed by atoms with Crippen LogP contribution in [-0.4, -0.2) is 5.91 Å². The van der Waals surface area contributed by atoms with Crippen LogP contribution in [0.1, 0.15) is 10.4 Å². The van der Waals surface area contributed by atoms with Crippen LogP contribution >= 0.6 is 50.5 Å². The first-order chi connectivity index (χ1) is 8.47. The number of carbonyl (C=O) groups excluding carboxylic acids is 1. The van der Waals surface area contributed by atoms with Crippen LogP contribution in [0.4, 0.5) is 11.4 Å². The van der Waals surface area contributed by atoms with Crippen LogP contribution in [0, 0.1) is 0 Å². The number of carbonyl (C=O) groups is 1. The first kappa shape index (κ1) is 13.7. The molecule has 2 aromatic rings. The largest absolute Gasteiger partial charge is 0.397 e. The van der Waals surface area contributed by atoms with Crippen LogP contribution in [0.25, 0.3) is 0 Å². The normalized spacial score (nSPS) is 10.4. The maximum atomic E-state index is 12.0. The third-order valence-electron chi connectivity index (χ3n) is 2.16. The summed E-state index contributed by atoms with van der Waals surface area (Å²) in [6, 6.07) is 6.73. The minimum atomic E-state index is -0.336. The number of hydrogen-bond donors (Lipinski definition) is 2. The fourth-order valence-electron chi connectivity index (χ4n) is 1.33. The topological polar surface area (TPSA) is 55.1 Å². The third kappa shape index (κ3) is 2.98. The van der Waals surface area contributed by atoms with Crippen molar-refractivity contribution >= 4 is 67.8 Å². The lowest BCUT2D eigenvalue weighted by molar-refractivity contribution is 0.102. The number of nitrogen functional groups attached to an aromatic ring is 1. The Morgan fingerprint density at radius 1 is 1.33 bits per heavy atom. The Hall–Kier alpha value is -0.750. The Labute approximate surface area is 126 Å². The van der Waals surface area contributed by atoms with Crippen LogP contribution in [-0.2, 0) is 0 Å². The van der Waals surface area contributed by atoms with E-state index in [0.717, 1.165) is 15.8 Å². The molecule has 3 N–H and O–H groups in total. The molecule has 3 nitrogen and oxygen atoms in total. The smallest absolute Gasteiger partial charge is 0.258 e. The summed E-state index contributed by atoms with van der Waals surface area (Å²) in [4.78, 5) is 12.0. The molecule has 2 rings (SSSR count). The molecular formula is C11H7BrCl2N2OS. The number of anilines is 2. The lowest BCUT2D eigenvalue weighted by atomic mass is 10.2. The van der Waals surface area contributed by atoms with Crippen LogP contribution < -0.4 is 11.1 Å². The predicted octanol–water partition coefficient (Wildman–Crippen LogP) is 4.65. The van der Waals surface area contributed by atoms with E-state index in [2.05, 4.69) is 21.2 Å². The summed E-state index contributed by atoms with van der Waals surface area (Å²) in [5, 5.41) is 2.69. The van der Waals surface area contributed by atoms with E-state index in [0.29, 0.717) is 25.6 Å². The molecule has 0 unspecified atom stereocenters. The maximum absolute atomic E-state index is 12.0. The molecule has 1 aromatic carbocycles. The van der Waals surface area contributed by atoms with Gasteiger partial charge in [0.25, 0.3) is 5.91 Å². The molecule has 7 heteroatoms. The highest BCUT2D eigenvalue weighted by molar-refractivity contribution is 9.10. The fraction of sp³-hybridized carbons (Fsp3) is 0.